The third-order valence-corrected chi connectivity index (χ3v) is 3.92. The second kappa shape index (κ2) is 5.80. The number of urea groups is 1. The molecule has 24 heavy (non-hydrogen) atoms. The second-order valence-corrected chi connectivity index (χ2v) is 5.52. The average Bonchev–Trinajstić information content (AvgIpc) is 3.23. The van der Waals surface area contributed by atoms with Crippen molar-refractivity contribution >= 4 is 23.3 Å². The molecule has 0 bridgehead atoms. The molecule has 4 rings (SSSR count). The molecule has 1 aliphatic heterocycles. The fraction of sp³-hybridized carbons (Fsp3) is 0.357. The number of nitrogens with zero attached hydrogens (tertiary/aromatic N) is 7. The van der Waals surface area contributed by atoms with Crippen molar-refractivity contribution in [3.63, 3.8) is 0 Å². The molecule has 1 aliphatic rings. The van der Waals surface area contributed by atoms with Crippen LogP contribution in [0.25, 0.3) is 5.65 Å². The van der Waals surface area contributed by atoms with E-state index in [0.29, 0.717) is 43.4 Å². The van der Waals surface area contributed by atoms with E-state index in [9.17, 15) is 4.79 Å². The summed E-state index contributed by atoms with van der Waals surface area (Å²) in [6.07, 6.45) is 4.93. The van der Waals surface area contributed by atoms with Crippen molar-refractivity contribution in [1.82, 2.24) is 29.6 Å². The number of aromatic nitrogens is 5. The van der Waals surface area contributed by atoms with Crippen LogP contribution in [0.4, 0.5) is 16.4 Å². The van der Waals surface area contributed by atoms with Gasteiger partial charge in [0.1, 0.15) is 12.1 Å². The van der Waals surface area contributed by atoms with Crippen molar-refractivity contribution in [3.8, 4) is 0 Å². The van der Waals surface area contributed by atoms with E-state index in [1.165, 1.54) is 6.33 Å². The number of fused-ring (bicyclic) bond motifs is 1. The summed E-state index contributed by atoms with van der Waals surface area (Å²) in [5.41, 5.74) is 0.703. The topological polar surface area (TPSA) is 105 Å². The van der Waals surface area contributed by atoms with Crippen molar-refractivity contribution in [1.29, 1.82) is 0 Å². The SMILES string of the molecule is Cc1cc(NC(=O)N2CCN(c3cncc4ncnn34)CC2)no1. The molecule has 3 aromatic heterocycles. The Kier molecular flexibility index (Phi) is 3.48. The van der Waals surface area contributed by atoms with Gasteiger partial charge < -0.3 is 14.3 Å². The number of amides is 2. The molecule has 0 spiro atoms. The maximum absolute atomic E-state index is 12.3. The molecule has 0 aliphatic carbocycles. The predicted octanol–water partition coefficient (Wildman–Crippen LogP) is 0.775. The molecule has 0 atom stereocenters. The van der Waals surface area contributed by atoms with Gasteiger partial charge in [-0.25, -0.2) is 9.78 Å². The van der Waals surface area contributed by atoms with E-state index >= 15 is 0 Å². The van der Waals surface area contributed by atoms with Crippen LogP contribution in [-0.4, -0.2) is 61.8 Å². The lowest BCUT2D eigenvalue weighted by Crippen LogP contribution is -2.50. The Morgan fingerprint density at radius 2 is 2.08 bits per heavy atom. The zero-order valence-electron chi connectivity index (χ0n) is 13.1. The summed E-state index contributed by atoms with van der Waals surface area (Å²) in [5, 5.41) is 10.7. The Morgan fingerprint density at radius 3 is 2.83 bits per heavy atom. The fourth-order valence-corrected chi connectivity index (χ4v) is 2.71. The first-order valence-electron chi connectivity index (χ1n) is 7.58. The Bertz CT molecular complexity index is 864. The number of hydrogen-bond donors (Lipinski definition) is 1. The number of anilines is 2. The average molecular weight is 328 g/mol. The van der Waals surface area contributed by atoms with E-state index in [4.69, 9.17) is 4.52 Å². The van der Waals surface area contributed by atoms with Crippen LogP contribution in [0, 0.1) is 6.92 Å². The van der Waals surface area contributed by atoms with Gasteiger partial charge in [0.2, 0.25) is 0 Å². The molecule has 1 saturated heterocycles. The minimum atomic E-state index is -0.181. The lowest BCUT2D eigenvalue weighted by atomic mass is 10.3. The highest BCUT2D eigenvalue weighted by Crippen LogP contribution is 2.16. The molecule has 0 aromatic carbocycles. The minimum absolute atomic E-state index is 0.181. The molecule has 10 heteroatoms. The summed E-state index contributed by atoms with van der Waals surface area (Å²) >= 11 is 0. The van der Waals surface area contributed by atoms with Crippen LogP contribution >= 0.6 is 0 Å². The Hall–Kier alpha value is -3.17. The van der Waals surface area contributed by atoms with Crippen molar-refractivity contribution in [2.24, 2.45) is 0 Å². The summed E-state index contributed by atoms with van der Waals surface area (Å²) < 4.78 is 6.70. The van der Waals surface area contributed by atoms with Gasteiger partial charge in [-0.15, -0.1) is 0 Å². The smallest absolute Gasteiger partial charge is 0.323 e. The third-order valence-electron chi connectivity index (χ3n) is 3.92. The summed E-state index contributed by atoms with van der Waals surface area (Å²) in [7, 11) is 0. The van der Waals surface area contributed by atoms with Crippen LogP contribution in [0.2, 0.25) is 0 Å². The summed E-state index contributed by atoms with van der Waals surface area (Å²) in [5.74, 6) is 1.96. The molecule has 3 aromatic rings. The quantitative estimate of drug-likeness (QED) is 0.741. The molecule has 2 amide bonds. The van der Waals surface area contributed by atoms with E-state index in [-0.39, 0.29) is 6.03 Å². The van der Waals surface area contributed by atoms with Gasteiger partial charge in [0.25, 0.3) is 0 Å². The molecule has 4 heterocycles. The number of carbonyl (C=O) groups excluding carboxylic acids is 1. The summed E-state index contributed by atoms with van der Waals surface area (Å²) in [6, 6.07) is 1.51. The van der Waals surface area contributed by atoms with Crippen LogP contribution in [0.1, 0.15) is 5.76 Å². The first-order chi connectivity index (χ1) is 11.7. The van der Waals surface area contributed by atoms with Crippen LogP contribution in [0.5, 0.6) is 0 Å². The van der Waals surface area contributed by atoms with E-state index in [0.717, 1.165) is 5.82 Å². The fourth-order valence-electron chi connectivity index (χ4n) is 2.71. The number of nitrogens with one attached hydrogen (secondary N) is 1. The van der Waals surface area contributed by atoms with Gasteiger partial charge in [-0.2, -0.15) is 9.61 Å². The van der Waals surface area contributed by atoms with Gasteiger partial charge in [0, 0.05) is 32.2 Å². The largest absolute Gasteiger partial charge is 0.360 e. The Labute approximate surface area is 137 Å². The first kappa shape index (κ1) is 14.4. The second-order valence-electron chi connectivity index (χ2n) is 5.52. The van der Waals surface area contributed by atoms with Gasteiger partial charge in [0.05, 0.1) is 12.4 Å². The predicted molar refractivity (Wildman–Crippen MR) is 84.8 cm³/mol. The highest BCUT2D eigenvalue weighted by molar-refractivity contribution is 5.88. The standard InChI is InChI=1S/C14H16N8O2/c1-10-6-11(19-24-10)18-14(23)21-4-2-20(3-5-21)13-8-15-7-12-16-9-17-22(12)13/h6-9H,2-5H2,1H3,(H,18,19,23). The van der Waals surface area contributed by atoms with E-state index in [1.807, 2.05) is 0 Å². The van der Waals surface area contributed by atoms with Gasteiger partial charge in [-0.05, 0) is 6.92 Å². The molecular weight excluding hydrogens is 312 g/mol. The molecule has 124 valence electrons. The van der Waals surface area contributed by atoms with Crippen LogP contribution in [0.3, 0.4) is 0 Å². The monoisotopic (exact) mass is 328 g/mol. The highest BCUT2D eigenvalue weighted by atomic mass is 16.5. The Morgan fingerprint density at radius 1 is 1.25 bits per heavy atom. The zero-order valence-corrected chi connectivity index (χ0v) is 13.1. The normalized spacial score (nSPS) is 15.0. The molecule has 0 saturated carbocycles. The van der Waals surface area contributed by atoms with Crippen LogP contribution in [0.15, 0.2) is 29.3 Å². The number of piperazine rings is 1. The van der Waals surface area contributed by atoms with Gasteiger partial charge in [-0.1, -0.05) is 5.16 Å². The summed E-state index contributed by atoms with van der Waals surface area (Å²) in [6.45, 7) is 4.33. The molecule has 1 N–H and O–H groups in total. The lowest BCUT2D eigenvalue weighted by Gasteiger charge is -2.35. The molecule has 0 radical (unpaired) electrons. The van der Waals surface area contributed by atoms with Gasteiger partial charge in [-0.3, -0.25) is 10.3 Å². The summed E-state index contributed by atoms with van der Waals surface area (Å²) in [4.78, 5) is 24.5. The van der Waals surface area contributed by atoms with Crippen LogP contribution < -0.4 is 10.2 Å². The number of rotatable bonds is 2. The van der Waals surface area contributed by atoms with E-state index < -0.39 is 0 Å². The van der Waals surface area contributed by atoms with Gasteiger partial charge in [0.15, 0.2) is 17.3 Å². The van der Waals surface area contributed by atoms with Crippen molar-refractivity contribution in [2.45, 2.75) is 6.92 Å². The third kappa shape index (κ3) is 2.62. The first-order valence-corrected chi connectivity index (χ1v) is 7.58. The molecule has 10 nitrogen and oxygen atoms in total. The lowest BCUT2D eigenvalue weighted by molar-refractivity contribution is 0.207. The van der Waals surface area contributed by atoms with E-state index in [1.54, 1.807) is 34.8 Å². The molecule has 0 unspecified atom stereocenters. The van der Waals surface area contributed by atoms with Crippen LogP contribution in [-0.2, 0) is 0 Å². The number of carbonyl (C=O) groups is 1. The van der Waals surface area contributed by atoms with Crippen molar-refractivity contribution in [2.75, 3.05) is 36.4 Å². The maximum atomic E-state index is 12.3. The minimum Gasteiger partial charge on any atom is -0.360 e. The van der Waals surface area contributed by atoms with E-state index in [2.05, 4.69) is 30.4 Å². The highest BCUT2D eigenvalue weighted by Gasteiger charge is 2.23. The zero-order chi connectivity index (χ0) is 16.5. The molecular formula is C14H16N8O2. The van der Waals surface area contributed by atoms with Gasteiger partial charge >= 0.3 is 6.03 Å². The number of aryl methyl sites for hydroxylation is 1. The Balaban J connectivity index is 1.41. The number of hydrogen-bond acceptors (Lipinski definition) is 7. The van der Waals surface area contributed by atoms with Crippen molar-refractivity contribution < 1.29 is 9.32 Å². The maximum Gasteiger partial charge on any atom is 0.323 e. The van der Waals surface area contributed by atoms with Crippen molar-refractivity contribution in [3.05, 3.63) is 30.5 Å². The molecule has 1 fully saturated rings.